The van der Waals surface area contributed by atoms with Gasteiger partial charge in [-0.3, -0.25) is 4.79 Å². The molecule has 2 N–H and O–H groups in total. The zero-order valence-electron chi connectivity index (χ0n) is 13.7. The van der Waals surface area contributed by atoms with Crippen molar-refractivity contribution in [1.29, 1.82) is 0 Å². The number of fused-ring (bicyclic) bond motifs is 8. The first-order valence-corrected chi connectivity index (χ1v) is 8.69. The van der Waals surface area contributed by atoms with Crippen molar-refractivity contribution in [3.05, 3.63) is 64.2 Å². The Hall–Kier alpha value is -2.37. The summed E-state index contributed by atoms with van der Waals surface area (Å²) in [4.78, 5) is 13.9. The molecule has 4 aliphatic heterocycles. The molecule has 1 spiro atoms. The van der Waals surface area contributed by atoms with Crippen molar-refractivity contribution in [2.24, 2.45) is 11.1 Å². The molecular formula is C20H18N2O3. The summed E-state index contributed by atoms with van der Waals surface area (Å²) in [6.45, 7) is 3.97. The fourth-order valence-corrected chi connectivity index (χ4v) is 4.70. The summed E-state index contributed by atoms with van der Waals surface area (Å²) >= 11 is 0. The monoisotopic (exact) mass is 334 g/mol. The van der Waals surface area contributed by atoms with E-state index in [1.54, 1.807) is 6.07 Å². The summed E-state index contributed by atoms with van der Waals surface area (Å²) in [6, 6.07) is 12.3. The molecule has 5 nitrogen and oxygen atoms in total. The van der Waals surface area contributed by atoms with Crippen LogP contribution < -0.4 is 10.6 Å². The first kappa shape index (κ1) is 13.9. The van der Waals surface area contributed by atoms with Crippen molar-refractivity contribution in [2.75, 3.05) is 31.2 Å². The first-order chi connectivity index (χ1) is 12.1. The van der Waals surface area contributed by atoms with Crippen LogP contribution >= 0.6 is 0 Å². The van der Waals surface area contributed by atoms with E-state index < -0.39 is 5.91 Å². The minimum absolute atomic E-state index is 0.0286. The van der Waals surface area contributed by atoms with Gasteiger partial charge in [-0.15, -0.1) is 0 Å². The minimum Gasteiger partial charge on any atom is -0.380 e. The molecule has 126 valence electrons. The average molecular weight is 334 g/mol. The quantitative estimate of drug-likeness (QED) is 0.914. The molecule has 6 rings (SSSR count). The topological polar surface area (TPSA) is 64.8 Å². The Labute approximate surface area is 145 Å². The van der Waals surface area contributed by atoms with Gasteiger partial charge in [0.15, 0.2) is 0 Å². The highest BCUT2D eigenvalue weighted by atomic mass is 16.5. The third-order valence-corrected chi connectivity index (χ3v) is 6.08. The number of amides is 1. The molecule has 0 radical (unpaired) electrons. The van der Waals surface area contributed by atoms with E-state index in [-0.39, 0.29) is 12.2 Å². The van der Waals surface area contributed by atoms with Gasteiger partial charge in [-0.2, -0.15) is 0 Å². The molecule has 2 unspecified atom stereocenters. The van der Waals surface area contributed by atoms with Gasteiger partial charge in [-0.25, -0.2) is 0 Å². The van der Waals surface area contributed by atoms with Crippen LogP contribution in [0.15, 0.2) is 36.4 Å². The number of nitrogens with zero attached hydrogens (tertiary/aromatic N) is 1. The molecule has 5 heteroatoms. The van der Waals surface area contributed by atoms with Crippen LogP contribution in [0.5, 0.6) is 0 Å². The molecule has 0 aliphatic carbocycles. The number of rotatable bonds is 2. The SMILES string of the molecule is NC(=O)c1ccc2c(c1)C1OC2c2cc(N3CC4(COC4)C3)ccc21. The van der Waals surface area contributed by atoms with E-state index in [1.807, 2.05) is 12.1 Å². The highest BCUT2D eigenvalue weighted by molar-refractivity contribution is 5.93. The van der Waals surface area contributed by atoms with Crippen molar-refractivity contribution < 1.29 is 14.3 Å². The van der Waals surface area contributed by atoms with Crippen LogP contribution in [-0.4, -0.2) is 32.2 Å². The van der Waals surface area contributed by atoms with Crippen LogP contribution in [-0.2, 0) is 9.47 Å². The Bertz CT molecular complexity index is 927. The normalized spacial score (nSPS) is 26.8. The second-order valence-electron chi connectivity index (χ2n) is 7.77. The fraction of sp³-hybridized carbons (Fsp3) is 0.350. The van der Waals surface area contributed by atoms with Crippen LogP contribution in [0.25, 0.3) is 0 Å². The number of nitrogens with two attached hydrogens (primary N) is 1. The first-order valence-electron chi connectivity index (χ1n) is 8.69. The third-order valence-electron chi connectivity index (χ3n) is 6.08. The summed E-state index contributed by atoms with van der Waals surface area (Å²) in [5.41, 5.74) is 12.3. The Morgan fingerprint density at radius 3 is 2.32 bits per heavy atom. The average Bonchev–Trinajstić information content (AvgIpc) is 3.08. The second kappa shape index (κ2) is 4.42. The number of carbonyl (C=O) groups is 1. The molecule has 25 heavy (non-hydrogen) atoms. The molecule has 0 aromatic heterocycles. The maximum absolute atomic E-state index is 11.5. The lowest BCUT2D eigenvalue weighted by Crippen LogP contribution is -2.66. The summed E-state index contributed by atoms with van der Waals surface area (Å²) < 4.78 is 11.6. The third kappa shape index (κ3) is 1.72. The predicted molar refractivity (Wildman–Crippen MR) is 91.6 cm³/mol. The van der Waals surface area contributed by atoms with Gasteiger partial charge in [0.25, 0.3) is 0 Å². The molecule has 2 aromatic rings. The zero-order chi connectivity index (χ0) is 16.8. The lowest BCUT2D eigenvalue weighted by atomic mass is 9.77. The van der Waals surface area contributed by atoms with Gasteiger partial charge in [0.1, 0.15) is 12.2 Å². The Kier molecular flexibility index (Phi) is 2.45. The molecular weight excluding hydrogens is 316 g/mol. The van der Waals surface area contributed by atoms with E-state index in [2.05, 4.69) is 23.1 Å². The molecule has 1 amide bonds. The highest BCUT2D eigenvalue weighted by Gasteiger charge is 2.49. The summed E-state index contributed by atoms with van der Waals surface area (Å²) in [7, 11) is 0. The minimum atomic E-state index is -0.396. The molecule has 4 heterocycles. The van der Waals surface area contributed by atoms with E-state index >= 15 is 0 Å². The van der Waals surface area contributed by atoms with E-state index in [9.17, 15) is 4.79 Å². The number of benzene rings is 2. The smallest absolute Gasteiger partial charge is 0.248 e. The zero-order valence-corrected chi connectivity index (χ0v) is 13.7. The number of ether oxygens (including phenoxy) is 2. The molecule has 2 saturated heterocycles. The number of anilines is 1. The summed E-state index contributed by atoms with van der Waals surface area (Å²) in [6.07, 6.45) is -0.106. The summed E-state index contributed by atoms with van der Waals surface area (Å²) in [5.74, 6) is -0.396. The van der Waals surface area contributed by atoms with Gasteiger partial charge in [-0.05, 0) is 46.5 Å². The van der Waals surface area contributed by atoms with Crippen LogP contribution in [0.3, 0.4) is 0 Å². The molecule has 2 aromatic carbocycles. The second-order valence-corrected chi connectivity index (χ2v) is 7.77. The van der Waals surface area contributed by atoms with E-state index in [0.717, 1.165) is 37.4 Å². The maximum atomic E-state index is 11.5. The number of primary amides is 1. The van der Waals surface area contributed by atoms with Crippen LogP contribution in [0.1, 0.15) is 44.8 Å². The number of hydrogen-bond acceptors (Lipinski definition) is 4. The van der Waals surface area contributed by atoms with Crippen molar-refractivity contribution in [3.63, 3.8) is 0 Å². The van der Waals surface area contributed by atoms with Gasteiger partial charge in [0.05, 0.1) is 18.6 Å². The van der Waals surface area contributed by atoms with Crippen LogP contribution in [0.2, 0.25) is 0 Å². The number of carbonyl (C=O) groups excluding carboxylic acids is 1. The molecule has 2 atom stereocenters. The fourth-order valence-electron chi connectivity index (χ4n) is 4.70. The van der Waals surface area contributed by atoms with Gasteiger partial charge in [0, 0.05) is 24.3 Å². The highest BCUT2D eigenvalue weighted by Crippen LogP contribution is 2.55. The summed E-state index contributed by atoms with van der Waals surface area (Å²) in [5, 5.41) is 0. The Morgan fingerprint density at radius 2 is 1.68 bits per heavy atom. The van der Waals surface area contributed by atoms with E-state index in [1.165, 1.54) is 16.8 Å². The predicted octanol–water partition coefficient (Wildman–Crippen LogP) is 2.14. The van der Waals surface area contributed by atoms with Crippen molar-refractivity contribution in [1.82, 2.24) is 0 Å². The van der Waals surface area contributed by atoms with Gasteiger partial charge >= 0.3 is 0 Å². The molecule has 2 fully saturated rings. The van der Waals surface area contributed by atoms with Crippen molar-refractivity contribution >= 4 is 11.6 Å². The molecule has 4 aliphatic rings. The largest absolute Gasteiger partial charge is 0.380 e. The van der Waals surface area contributed by atoms with E-state index in [0.29, 0.717) is 11.0 Å². The molecule has 2 bridgehead atoms. The van der Waals surface area contributed by atoms with Crippen molar-refractivity contribution in [3.8, 4) is 0 Å². The van der Waals surface area contributed by atoms with Crippen LogP contribution in [0, 0.1) is 5.41 Å². The maximum Gasteiger partial charge on any atom is 0.248 e. The van der Waals surface area contributed by atoms with Crippen LogP contribution in [0.4, 0.5) is 5.69 Å². The number of hydrogen-bond donors (Lipinski definition) is 1. The Morgan fingerprint density at radius 1 is 1.00 bits per heavy atom. The van der Waals surface area contributed by atoms with E-state index in [4.69, 9.17) is 15.2 Å². The van der Waals surface area contributed by atoms with Gasteiger partial charge in [0.2, 0.25) is 5.91 Å². The Balaban J connectivity index is 1.34. The lowest BCUT2D eigenvalue weighted by molar-refractivity contribution is -0.127. The lowest BCUT2D eigenvalue weighted by Gasteiger charge is -2.56. The van der Waals surface area contributed by atoms with Gasteiger partial charge < -0.3 is 20.1 Å². The van der Waals surface area contributed by atoms with Gasteiger partial charge in [-0.1, -0.05) is 12.1 Å². The standard InChI is InChI=1S/C20H18N2O3/c21-19(23)11-1-3-13-15(5-11)17-14-4-2-12(6-16(14)18(13)25-17)22-7-20(8-22)9-24-10-20/h1-6,17-18H,7-10H2,(H2,21,23). The molecule has 0 saturated carbocycles. The van der Waals surface area contributed by atoms with Crippen molar-refractivity contribution in [2.45, 2.75) is 12.2 Å².